The van der Waals surface area contributed by atoms with E-state index in [1.54, 1.807) is 30.5 Å². The molecule has 160 valence electrons. The average Bonchev–Trinajstić information content (AvgIpc) is 2.98. The Hall–Kier alpha value is -3.39. The number of nitrogens with one attached hydrogen (secondary N) is 2. The van der Waals surface area contributed by atoms with E-state index in [0.717, 1.165) is 38.2 Å². The number of nitrogens with zero attached hydrogens (tertiary/aromatic N) is 2. The number of carboxylic acid groups (broad SMARTS) is 1. The van der Waals surface area contributed by atoms with Gasteiger partial charge in [0.15, 0.2) is 0 Å². The smallest absolute Gasteiger partial charge is 0.339 e. The molecule has 0 fully saturated rings. The minimum Gasteiger partial charge on any atom is -0.478 e. The Kier molecular flexibility index (Phi) is 6.60. The van der Waals surface area contributed by atoms with Crippen molar-refractivity contribution in [3.05, 3.63) is 80.6 Å². The van der Waals surface area contributed by atoms with Gasteiger partial charge in [0.1, 0.15) is 0 Å². The first-order valence-corrected chi connectivity index (χ1v) is 10.4. The van der Waals surface area contributed by atoms with Crippen molar-refractivity contribution in [2.24, 2.45) is 5.10 Å². The molecule has 0 aliphatic rings. The Bertz CT molecular complexity index is 1200. The van der Waals surface area contributed by atoms with Crippen molar-refractivity contribution in [1.29, 1.82) is 0 Å². The lowest BCUT2D eigenvalue weighted by molar-refractivity contribution is 0.0696. The zero-order valence-corrected chi connectivity index (χ0v) is 19.2. The molecule has 0 bridgehead atoms. The van der Waals surface area contributed by atoms with Gasteiger partial charge in [-0.3, -0.25) is 0 Å². The summed E-state index contributed by atoms with van der Waals surface area (Å²) in [6.45, 7) is 7.73. The Labute approximate surface area is 188 Å². The normalized spacial score (nSPS) is 11.0. The zero-order valence-electron chi connectivity index (χ0n) is 17.7. The van der Waals surface area contributed by atoms with E-state index >= 15 is 0 Å². The van der Waals surface area contributed by atoms with E-state index < -0.39 is 12.0 Å². The summed E-state index contributed by atoms with van der Waals surface area (Å²) in [6, 6.07) is 12.1. The molecule has 0 saturated carbocycles. The minimum atomic E-state index is -0.953. The first kappa shape index (κ1) is 22.3. The van der Waals surface area contributed by atoms with Crippen LogP contribution in [0.15, 0.2) is 52.0 Å². The van der Waals surface area contributed by atoms with Gasteiger partial charge in [-0.2, -0.15) is 5.10 Å². The van der Waals surface area contributed by atoms with Gasteiger partial charge in [-0.15, -0.1) is 0 Å². The van der Waals surface area contributed by atoms with Crippen LogP contribution in [0.5, 0.6) is 0 Å². The van der Waals surface area contributed by atoms with Crippen molar-refractivity contribution < 1.29 is 14.7 Å². The number of carbonyl (C=O) groups is 2. The van der Waals surface area contributed by atoms with E-state index in [1.165, 1.54) is 0 Å². The van der Waals surface area contributed by atoms with Crippen LogP contribution in [0.2, 0.25) is 0 Å². The van der Waals surface area contributed by atoms with Gasteiger partial charge in [0.25, 0.3) is 0 Å². The monoisotopic (exact) mass is 482 g/mol. The second kappa shape index (κ2) is 9.18. The first-order valence-electron chi connectivity index (χ1n) is 9.57. The molecule has 0 unspecified atom stereocenters. The van der Waals surface area contributed by atoms with E-state index in [2.05, 4.69) is 31.8 Å². The molecule has 31 heavy (non-hydrogen) atoms. The van der Waals surface area contributed by atoms with Crippen LogP contribution in [0.4, 0.5) is 10.5 Å². The van der Waals surface area contributed by atoms with Crippen molar-refractivity contribution in [1.82, 2.24) is 9.99 Å². The molecule has 2 amide bonds. The number of hydrazone groups is 1. The molecule has 0 aliphatic carbocycles. The topological polar surface area (TPSA) is 95.7 Å². The number of carbonyl (C=O) groups excluding carboxylic acids is 1. The van der Waals surface area contributed by atoms with Crippen molar-refractivity contribution in [3.8, 4) is 5.69 Å². The SMILES string of the molecule is Cc1cc(NC(=O)N/N=C/c2cc(C)n(-c3ccc(C(=O)O)cc3C)c2C)ccc1Br. The lowest BCUT2D eigenvalue weighted by atomic mass is 10.1. The number of aromatic nitrogens is 1. The van der Waals surface area contributed by atoms with Crippen LogP contribution in [0.1, 0.15) is 38.4 Å². The number of hydrogen-bond donors (Lipinski definition) is 3. The van der Waals surface area contributed by atoms with Crippen LogP contribution in [0, 0.1) is 27.7 Å². The molecule has 2 aromatic carbocycles. The fourth-order valence-corrected chi connectivity index (χ4v) is 3.62. The molecular weight excluding hydrogens is 460 g/mol. The number of benzene rings is 2. The van der Waals surface area contributed by atoms with Gasteiger partial charge in [-0.25, -0.2) is 15.0 Å². The maximum absolute atomic E-state index is 12.1. The predicted octanol–water partition coefficient (Wildman–Crippen LogP) is 5.33. The van der Waals surface area contributed by atoms with Gasteiger partial charge >= 0.3 is 12.0 Å². The zero-order chi connectivity index (χ0) is 22.7. The van der Waals surface area contributed by atoms with Crippen LogP contribution >= 0.6 is 15.9 Å². The van der Waals surface area contributed by atoms with Gasteiger partial charge < -0.3 is 15.0 Å². The molecule has 0 atom stereocenters. The summed E-state index contributed by atoms with van der Waals surface area (Å²) in [5, 5.41) is 16.0. The van der Waals surface area contributed by atoms with E-state index in [4.69, 9.17) is 0 Å². The molecule has 7 nitrogen and oxygen atoms in total. The third-order valence-electron chi connectivity index (χ3n) is 4.94. The fourth-order valence-electron chi connectivity index (χ4n) is 3.37. The van der Waals surface area contributed by atoms with Gasteiger partial charge in [0.2, 0.25) is 0 Å². The minimum absolute atomic E-state index is 0.252. The Balaban J connectivity index is 1.74. The van der Waals surface area contributed by atoms with Gasteiger partial charge in [0, 0.05) is 32.8 Å². The second-order valence-corrected chi connectivity index (χ2v) is 8.11. The number of amides is 2. The first-order chi connectivity index (χ1) is 14.7. The largest absolute Gasteiger partial charge is 0.478 e. The number of rotatable bonds is 5. The van der Waals surface area contributed by atoms with Gasteiger partial charge in [0.05, 0.1) is 11.8 Å². The average molecular weight is 483 g/mol. The quantitative estimate of drug-likeness (QED) is 0.338. The fraction of sp³-hybridized carbons (Fsp3) is 0.174. The van der Waals surface area contributed by atoms with Crippen molar-refractivity contribution in [2.75, 3.05) is 5.32 Å². The van der Waals surface area contributed by atoms with Crippen LogP contribution < -0.4 is 10.7 Å². The molecule has 0 aliphatic heterocycles. The molecule has 0 radical (unpaired) electrons. The highest BCUT2D eigenvalue weighted by molar-refractivity contribution is 9.10. The molecule has 8 heteroatoms. The number of carboxylic acids is 1. The molecule has 0 saturated heterocycles. The van der Waals surface area contributed by atoms with Crippen molar-refractivity contribution >= 4 is 39.8 Å². The highest BCUT2D eigenvalue weighted by atomic mass is 79.9. The third kappa shape index (κ3) is 5.03. The van der Waals surface area contributed by atoms with Crippen LogP contribution in [-0.4, -0.2) is 27.9 Å². The molecule has 3 aromatic rings. The molecule has 0 spiro atoms. The molecule has 3 rings (SSSR count). The number of halogens is 1. The Morgan fingerprint density at radius 2 is 1.77 bits per heavy atom. The van der Waals surface area contributed by atoms with Gasteiger partial charge in [-0.1, -0.05) is 15.9 Å². The standard InChI is InChI=1S/C23H23BrN4O3/c1-13-10-19(6-7-20(13)24)26-23(31)27-25-12-18-11-15(3)28(16(18)4)21-8-5-17(22(29)30)9-14(21)2/h5-12H,1-4H3,(H,29,30)(H2,26,27,31)/b25-12+. The Morgan fingerprint density at radius 1 is 1.03 bits per heavy atom. The van der Waals surface area contributed by atoms with Crippen molar-refractivity contribution in [2.45, 2.75) is 27.7 Å². The number of aryl methyl sites for hydroxylation is 3. The lowest BCUT2D eigenvalue weighted by Crippen LogP contribution is -2.24. The van der Waals surface area contributed by atoms with Crippen LogP contribution in [-0.2, 0) is 0 Å². The summed E-state index contributed by atoms with van der Waals surface area (Å²) in [5.41, 5.74) is 8.91. The summed E-state index contributed by atoms with van der Waals surface area (Å²) in [6.07, 6.45) is 1.59. The Morgan fingerprint density at radius 3 is 2.42 bits per heavy atom. The van der Waals surface area contributed by atoms with Crippen LogP contribution in [0.25, 0.3) is 5.69 Å². The lowest BCUT2D eigenvalue weighted by Gasteiger charge is -2.13. The second-order valence-electron chi connectivity index (χ2n) is 7.26. The van der Waals surface area contributed by atoms with E-state index in [1.807, 2.05) is 50.5 Å². The number of aromatic carboxylic acids is 1. The number of anilines is 1. The van der Waals surface area contributed by atoms with Crippen LogP contribution in [0.3, 0.4) is 0 Å². The third-order valence-corrected chi connectivity index (χ3v) is 5.83. The van der Waals surface area contributed by atoms with Gasteiger partial charge in [-0.05, 0) is 81.3 Å². The molecule has 3 N–H and O–H groups in total. The summed E-state index contributed by atoms with van der Waals surface area (Å²) >= 11 is 3.43. The summed E-state index contributed by atoms with van der Waals surface area (Å²) in [7, 11) is 0. The predicted molar refractivity (Wildman–Crippen MR) is 126 cm³/mol. The molecule has 1 heterocycles. The summed E-state index contributed by atoms with van der Waals surface area (Å²) < 4.78 is 3.01. The number of hydrogen-bond acceptors (Lipinski definition) is 3. The summed E-state index contributed by atoms with van der Waals surface area (Å²) in [4.78, 5) is 23.3. The maximum atomic E-state index is 12.1. The number of urea groups is 1. The summed E-state index contributed by atoms with van der Waals surface area (Å²) in [5.74, 6) is -0.953. The highest BCUT2D eigenvalue weighted by Gasteiger charge is 2.13. The highest BCUT2D eigenvalue weighted by Crippen LogP contribution is 2.23. The van der Waals surface area contributed by atoms with E-state index in [0.29, 0.717) is 5.69 Å². The molecular formula is C23H23BrN4O3. The molecule has 1 aromatic heterocycles. The van der Waals surface area contributed by atoms with E-state index in [9.17, 15) is 14.7 Å². The van der Waals surface area contributed by atoms with E-state index in [-0.39, 0.29) is 5.56 Å². The maximum Gasteiger partial charge on any atom is 0.339 e. The van der Waals surface area contributed by atoms with Crippen molar-refractivity contribution in [3.63, 3.8) is 0 Å².